The lowest BCUT2D eigenvalue weighted by Gasteiger charge is -2.31. The van der Waals surface area contributed by atoms with Crippen LogP contribution in [-0.4, -0.2) is 5.78 Å². The van der Waals surface area contributed by atoms with E-state index in [2.05, 4.69) is 37.3 Å². The van der Waals surface area contributed by atoms with Crippen molar-refractivity contribution >= 4 is 5.78 Å². The Balaban J connectivity index is 2.09. The quantitative estimate of drug-likeness (QED) is 0.732. The van der Waals surface area contributed by atoms with E-state index in [4.69, 9.17) is 0 Å². The van der Waals surface area contributed by atoms with Gasteiger partial charge in [-0.05, 0) is 30.7 Å². The highest BCUT2D eigenvalue weighted by Crippen LogP contribution is 2.38. The molecule has 98 valence electrons. The molecule has 1 saturated carbocycles. The first-order chi connectivity index (χ1) is 8.83. The van der Waals surface area contributed by atoms with Crippen molar-refractivity contribution in [3.8, 4) is 0 Å². The molecule has 2 atom stereocenters. The van der Waals surface area contributed by atoms with E-state index in [0.29, 0.717) is 11.7 Å². The van der Waals surface area contributed by atoms with Crippen LogP contribution in [0.1, 0.15) is 63.4 Å². The van der Waals surface area contributed by atoms with Crippen LogP contribution < -0.4 is 0 Å². The van der Waals surface area contributed by atoms with Crippen LogP contribution in [0.4, 0.5) is 0 Å². The summed E-state index contributed by atoms with van der Waals surface area (Å²) in [5, 5.41) is 0. The molecular formula is C17H24O. The lowest BCUT2D eigenvalue weighted by atomic mass is 9.73. The highest BCUT2D eigenvalue weighted by atomic mass is 16.1. The topological polar surface area (TPSA) is 17.1 Å². The van der Waals surface area contributed by atoms with Crippen LogP contribution in [0.25, 0.3) is 0 Å². The largest absolute Gasteiger partial charge is 0.299 e. The van der Waals surface area contributed by atoms with Crippen molar-refractivity contribution in [2.75, 3.05) is 0 Å². The van der Waals surface area contributed by atoms with Gasteiger partial charge in [-0.1, -0.05) is 56.5 Å². The molecule has 1 heteroatoms. The van der Waals surface area contributed by atoms with Crippen LogP contribution in [0.15, 0.2) is 30.3 Å². The molecule has 2 unspecified atom stereocenters. The van der Waals surface area contributed by atoms with Gasteiger partial charge in [0.05, 0.1) is 0 Å². The maximum atomic E-state index is 12.3. The van der Waals surface area contributed by atoms with Gasteiger partial charge in [-0.15, -0.1) is 0 Å². The summed E-state index contributed by atoms with van der Waals surface area (Å²) in [6.45, 7) is 2.16. The Kier molecular flexibility index (Phi) is 4.98. The average molecular weight is 244 g/mol. The summed E-state index contributed by atoms with van der Waals surface area (Å²) in [7, 11) is 0. The van der Waals surface area contributed by atoms with Crippen molar-refractivity contribution in [1.82, 2.24) is 0 Å². The SMILES string of the molecule is CCCCC(=O)C1CCCCC1c1ccccc1. The normalized spacial score (nSPS) is 23.8. The molecule has 0 heterocycles. The maximum absolute atomic E-state index is 12.3. The molecule has 0 N–H and O–H groups in total. The average Bonchev–Trinajstić information content (AvgIpc) is 2.45. The molecule has 1 aliphatic rings. The molecule has 0 aliphatic heterocycles. The number of hydrogen-bond donors (Lipinski definition) is 0. The van der Waals surface area contributed by atoms with E-state index < -0.39 is 0 Å². The number of ketones is 1. The second kappa shape index (κ2) is 6.72. The Morgan fingerprint density at radius 2 is 1.89 bits per heavy atom. The van der Waals surface area contributed by atoms with Gasteiger partial charge in [0.25, 0.3) is 0 Å². The molecule has 0 bridgehead atoms. The minimum absolute atomic E-state index is 0.285. The van der Waals surface area contributed by atoms with Gasteiger partial charge in [0.1, 0.15) is 5.78 Å². The summed E-state index contributed by atoms with van der Waals surface area (Å²) >= 11 is 0. The lowest BCUT2D eigenvalue weighted by molar-refractivity contribution is -0.124. The third-order valence-electron chi connectivity index (χ3n) is 4.18. The number of benzene rings is 1. The molecule has 1 fully saturated rings. The van der Waals surface area contributed by atoms with Gasteiger partial charge in [-0.2, -0.15) is 0 Å². The Labute approximate surface area is 111 Å². The molecule has 2 rings (SSSR count). The third-order valence-corrected chi connectivity index (χ3v) is 4.18. The first kappa shape index (κ1) is 13.3. The molecule has 0 radical (unpaired) electrons. The predicted molar refractivity (Wildman–Crippen MR) is 75.7 cm³/mol. The zero-order valence-corrected chi connectivity index (χ0v) is 11.4. The number of unbranched alkanes of at least 4 members (excludes halogenated alkanes) is 1. The molecule has 1 nitrogen and oxygen atoms in total. The molecule has 1 aromatic carbocycles. The van der Waals surface area contributed by atoms with Crippen molar-refractivity contribution in [2.24, 2.45) is 5.92 Å². The van der Waals surface area contributed by atoms with E-state index in [-0.39, 0.29) is 5.92 Å². The fourth-order valence-corrected chi connectivity index (χ4v) is 3.15. The van der Waals surface area contributed by atoms with E-state index in [1.807, 2.05) is 0 Å². The standard InChI is InChI=1S/C17H24O/c1-2-3-13-17(18)16-12-8-7-11-15(16)14-9-5-4-6-10-14/h4-6,9-10,15-16H,2-3,7-8,11-13H2,1H3. The summed E-state index contributed by atoms with van der Waals surface area (Å²) in [6, 6.07) is 10.6. The summed E-state index contributed by atoms with van der Waals surface area (Å²) in [5.74, 6) is 1.27. The highest BCUT2D eigenvalue weighted by molar-refractivity contribution is 5.82. The Bertz CT molecular complexity index is 368. The molecule has 0 amide bonds. The van der Waals surface area contributed by atoms with Crippen LogP contribution >= 0.6 is 0 Å². The molecule has 0 aromatic heterocycles. The Morgan fingerprint density at radius 3 is 2.61 bits per heavy atom. The van der Waals surface area contributed by atoms with Gasteiger partial charge in [0, 0.05) is 12.3 Å². The first-order valence-electron chi connectivity index (χ1n) is 7.40. The summed E-state index contributed by atoms with van der Waals surface area (Å²) < 4.78 is 0. The van der Waals surface area contributed by atoms with Crippen LogP contribution in [0, 0.1) is 5.92 Å². The molecule has 1 aromatic rings. The summed E-state index contributed by atoms with van der Waals surface area (Å²) in [5.41, 5.74) is 1.37. The smallest absolute Gasteiger partial charge is 0.136 e. The third kappa shape index (κ3) is 3.22. The predicted octanol–water partition coefficient (Wildman–Crippen LogP) is 4.72. The minimum atomic E-state index is 0.285. The van der Waals surface area contributed by atoms with Gasteiger partial charge >= 0.3 is 0 Å². The Hall–Kier alpha value is -1.11. The molecule has 18 heavy (non-hydrogen) atoms. The van der Waals surface area contributed by atoms with E-state index in [1.54, 1.807) is 0 Å². The summed E-state index contributed by atoms with van der Waals surface area (Å²) in [6.07, 6.45) is 7.74. The van der Waals surface area contributed by atoms with Crippen molar-refractivity contribution < 1.29 is 4.79 Å². The van der Waals surface area contributed by atoms with Gasteiger partial charge in [-0.25, -0.2) is 0 Å². The zero-order valence-electron chi connectivity index (χ0n) is 11.4. The maximum Gasteiger partial charge on any atom is 0.136 e. The van der Waals surface area contributed by atoms with Gasteiger partial charge < -0.3 is 0 Å². The molecule has 0 saturated heterocycles. The van der Waals surface area contributed by atoms with Crippen molar-refractivity contribution in [3.63, 3.8) is 0 Å². The second-order valence-electron chi connectivity index (χ2n) is 5.48. The molecular weight excluding hydrogens is 220 g/mol. The fraction of sp³-hybridized carbons (Fsp3) is 0.588. The van der Waals surface area contributed by atoms with Gasteiger partial charge in [0.2, 0.25) is 0 Å². The monoisotopic (exact) mass is 244 g/mol. The number of rotatable bonds is 5. The van der Waals surface area contributed by atoms with Crippen LogP contribution in [0.3, 0.4) is 0 Å². The minimum Gasteiger partial charge on any atom is -0.299 e. The van der Waals surface area contributed by atoms with Gasteiger partial charge in [-0.3, -0.25) is 4.79 Å². The van der Waals surface area contributed by atoms with Crippen molar-refractivity contribution in [1.29, 1.82) is 0 Å². The highest BCUT2D eigenvalue weighted by Gasteiger charge is 2.30. The number of Topliss-reactive ketones (excluding diaryl/α,β-unsaturated/α-hetero) is 1. The van der Waals surface area contributed by atoms with Crippen molar-refractivity contribution in [2.45, 2.75) is 57.8 Å². The van der Waals surface area contributed by atoms with Crippen LogP contribution in [0.5, 0.6) is 0 Å². The number of hydrogen-bond acceptors (Lipinski definition) is 1. The zero-order chi connectivity index (χ0) is 12.8. The van der Waals surface area contributed by atoms with Crippen LogP contribution in [0.2, 0.25) is 0 Å². The number of carbonyl (C=O) groups is 1. The van der Waals surface area contributed by atoms with E-state index >= 15 is 0 Å². The first-order valence-corrected chi connectivity index (χ1v) is 7.40. The van der Waals surface area contributed by atoms with Gasteiger partial charge in [0.15, 0.2) is 0 Å². The second-order valence-corrected chi connectivity index (χ2v) is 5.48. The van der Waals surface area contributed by atoms with E-state index in [9.17, 15) is 4.79 Å². The summed E-state index contributed by atoms with van der Waals surface area (Å²) in [4.78, 5) is 12.3. The Morgan fingerprint density at radius 1 is 1.17 bits per heavy atom. The lowest BCUT2D eigenvalue weighted by Crippen LogP contribution is -2.25. The van der Waals surface area contributed by atoms with Crippen LogP contribution in [-0.2, 0) is 4.79 Å². The van der Waals surface area contributed by atoms with Crippen molar-refractivity contribution in [3.05, 3.63) is 35.9 Å². The fourth-order valence-electron chi connectivity index (χ4n) is 3.15. The molecule has 1 aliphatic carbocycles. The van der Waals surface area contributed by atoms with E-state index in [0.717, 1.165) is 25.7 Å². The molecule has 0 spiro atoms. The number of carbonyl (C=O) groups excluding carboxylic acids is 1. The van der Waals surface area contributed by atoms with E-state index in [1.165, 1.54) is 24.8 Å².